The summed E-state index contributed by atoms with van der Waals surface area (Å²) in [6.07, 6.45) is 5.41. The van der Waals surface area contributed by atoms with Crippen LogP contribution < -0.4 is 5.32 Å². The third kappa shape index (κ3) is 4.94. The lowest BCUT2D eigenvalue weighted by molar-refractivity contribution is -0.124. The zero-order valence-corrected chi connectivity index (χ0v) is 13.6. The molecule has 122 valence electrons. The number of likely N-dealkylation sites (tertiary alicyclic amines) is 2. The van der Waals surface area contributed by atoms with Crippen molar-refractivity contribution in [2.45, 2.75) is 64.1 Å². The molecule has 1 amide bonds. The van der Waals surface area contributed by atoms with Gasteiger partial charge in [0.1, 0.15) is 0 Å². The van der Waals surface area contributed by atoms with E-state index in [-0.39, 0.29) is 18.6 Å². The number of aliphatic hydroxyl groups excluding tert-OH is 1. The average molecular weight is 297 g/mol. The summed E-state index contributed by atoms with van der Waals surface area (Å²) in [6.45, 7) is 8.14. The Morgan fingerprint density at radius 3 is 2.52 bits per heavy atom. The van der Waals surface area contributed by atoms with Crippen LogP contribution in [0.15, 0.2) is 0 Å². The van der Waals surface area contributed by atoms with Crippen LogP contribution in [-0.2, 0) is 4.79 Å². The predicted octanol–water partition coefficient (Wildman–Crippen LogP) is 0.822. The maximum Gasteiger partial charge on any atom is 0.234 e. The van der Waals surface area contributed by atoms with Gasteiger partial charge in [-0.2, -0.15) is 0 Å². The largest absolute Gasteiger partial charge is 0.395 e. The van der Waals surface area contributed by atoms with Crippen molar-refractivity contribution >= 4 is 5.91 Å². The molecule has 21 heavy (non-hydrogen) atoms. The van der Waals surface area contributed by atoms with E-state index in [0.29, 0.717) is 18.6 Å². The first-order valence-corrected chi connectivity index (χ1v) is 8.48. The summed E-state index contributed by atoms with van der Waals surface area (Å²) in [5.74, 6) is 0.123. The Bertz CT molecular complexity index is 327. The van der Waals surface area contributed by atoms with E-state index in [2.05, 4.69) is 29.0 Å². The van der Waals surface area contributed by atoms with Gasteiger partial charge in [-0.3, -0.25) is 9.69 Å². The molecule has 0 aromatic rings. The van der Waals surface area contributed by atoms with Gasteiger partial charge in [-0.25, -0.2) is 0 Å². The third-order valence-electron chi connectivity index (χ3n) is 4.93. The summed E-state index contributed by atoms with van der Waals surface area (Å²) in [5.41, 5.74) is 0. The minimum Gasteiger partial charge on any atom is -0.395 e. The highest BCUT2D eigenvalue weighted by atomic mass is 16.3. The molecule has 0 saturated carbocycles. The second kappa shape index (κ2) is 8.11. The van der Waals surface area contributed by atoms with Crippen LogP contribution in [0.5, 0.6) is 0 Å². The molecule has 2 aliphatic heterocycles. The van der Waals surface area contributed by atoms with Gasteiger partial charge in [0.15, 0.2) is 0 Å². The Hall–Kier alpha value is -0.650. The van der Waals surface area contributed by atoms with Crippen molar-refractivity contribution < 1.29 is 9.90 Å². The molecule has 0 aromatic carbocycles. The highest BCUT2D eigenvalue weighted by Gasteiger charge is 2.26. The molecule has 0 bridgehead atoms. The molecule has 0 radical (unpaired) electrons. The molecule has 5 nitrogen and oxygen atoms in total. The Balaban J connectivity index is 1.72. The minimum atomic E-state index is 0.123. The van der Waals surface area contributed by atoms with Gasteiger partial charge in [-0.05, 0) is 46.1 Å². The van der Waals surface area contributed by atoms with Crippen LogP contribution in [0.4, 0.5) is 0 Å². The van der Waals surface area contributed by atoms with Crippen LogP contribution in [0.25, 0.3) is 0 Å². The number of rotatable bonds is 5. The maximum atomic E-state index is 12.2. The summed E-state index contributed by atoms with van der Waals surface area (Å²) in [4.78, 5) is 16.8. The van der Waals surface area contributed by atoms with E-state index >= 15 is 0 Å². The van der Waals surface area contributed by atoms with Crippen LogP contribution in [0.3, 0.4) is 0 Å². The minimum absolute atomic E-state index is 0.123. The number of amides is 1. The summed E-state index contributed by atoms with van der Waals surface area (Å²) in [6, 6.07) is 1.09. The zero-order chi connectivity index (χ0) is 15.2. The number of nitrogens with zero attached hydrogens (tertiary/aromatic N) is 2. The molecule has 2 rings (SSSR count). The van der Waals surface area contributed by atoms with E-state index in [1.807, 2.05) is 0 Å². The van der Waals surface area contributed by atoms with Crippen molar-refractivity contribution in [3.63, 3.8) is 0 Å². The lowest BCUT2D eigenvalue weighted by Crippen LogP contribution is -2.51. The Kier molecular flexibility index (Phi) is 6.45. The van der Waals surface area contributed by atoms with E-state index in [1.54, 1.807) is 0 Å². The average Bonchev–Trinajstić information content (AvgIpc) is 2.48. The SMILES string of the molecule is CC(C)N1CCC(NC(=O)CN2CCCCC2CO)CC1. The Morgan fingerprint density at radius 2 is 1.90 bits per heavy atom. The van der Waals surface area contributed by atoms with Gasteiger partial charge in [0, 0.05) is 31.2 Å². The van der Waals surface area contributed by atoms with Crippen molar-refractivity contribution in [1.82, 2.24) is 15.1 Å². The molecule has 0 aliphatic carbocycles. The predicted molar refractivity (Wildman–Crippen MR) is 84.2 cm³/mol. The zero-order valence-electron chi connectivity index (χ0n) is 13.6. The maximum absolute atomic E-state index is 12.2. The van der Waals surface area contributed by atoms with Crippen LogP contribution in [0.1, 0.15) is 46.0 Å². The number of hydrogen-bond acceptors (Lipinski definition) is 4. The molecule has 0 aromatic heterocycles. The van der Waals surface area contributed by atoms with Gasteiger partial charge in [0.05, 0.1) is 13.2 Å². The number of carbonyl (C=O) groups excluding carboxylic acids is 1. The molecular formula is C16H31N3O2. The van der Waals surface area contributed by atoms with Crippen molar-refractivity contribution in [3.05, 3.63) is 0 Å². The fourth-order valence-corrected chi connectivity index (χ4v) is 3.49. The number of nitrogens with one attached hydrogen (secondary N) is 1. The first-order chi connectivity index (χ1) is 10.1. The molecule has 5 heteroatoms. The second-order valence-corrected chi connectivity index (χ2v) is 6.77. The van der Waals surface area contributed by atoms with E-state index in [9.17, 15) is 9.90 Å². The molecule has 1 atom stereocenters. The second-order valence-electron chi connectivity index (χ2n) is 6.77. The smallest absolute Gasteiger partial charge is 0.234 e. The molecule has 1 unspecified atom stereocenters. The molecule has 2 fully saturated rings. The van der Waals surface area contributed by atoms with Gasteiger partial charge < -0.3 is 15.3 Å². The first-order valence-electron chi connectivity index (χ1n) is 8.48. The van der Waals surface area contributed by atoms with Gasteiger partial charge >= 0.3 is 0 Å². The van der Waals surface area contributed by atoms with Gasteiger partial charge in [-0.1, -0.05) is 6.42 Å². The highest BCUT2D eigenvalue weighted by molar-refractivity contribution is 5.78. The highest BCUT2D eigenvalue weighted by Crippen LogP contribution is 2.16. The first kappa shape index (κ1) is 16.7. The monoisotopic (exact) mass is 297 g/mol. The molecule has 2 saturated heterocycles. The number of carbonyl (C=O) groups is 1. The lowest BCUT2D eigenvalue weighted by atomic mass is 10.0. The van der Waals surface area contributed by atoms with E-state index in [0.717, 1.165) is 51.7 Å². The van der Waals surface area contributed by atoms with Crippen LogP contribution in [-0.4, -0.2) is 71.7 Å². The normalized spacial score (nSPS) is 26.2. The van der Waals surface area contributed by atoms with Crippen molar-refractivity contribution in [2.24, 2.45) is 0 Å². The van der Waals surface area contributed by atoms with Crippen LogP contribution in [0.2, 0.25) is 0 Å². The molecule has 0 spiro atoms. The fourth-order valence-electron chi connectivity index (χ4n) is 3.49. The summed E-state index contributed by atoms with van der Waals surface area (Å²) < 4.78 is 0. The van der Waals surface area contributed by atoms with E-state index < -0.39 is 0 Å². The molecule has 2 heterocycles. The summed E-state index contributed by atoms with van der Waals surface area (Å²) >= 11 is 0. The molecule has 2 N–H and O–H groups in total. The van der Waals surface area contributed by atoms with Crippen LogP contribution >= 0.6 is 0 Å². The standard InChI is InChI=1S/C16H31N3O2/c1-13(2)18-9-6-14(7-10-18)17-16(21)11-19-8-4-3-5-15(19)12-20/h13-15,20H,3-12H2,1-2H3,(H,17,21). The van der Waals surface area contributed by atoms with Gasteiger partial charge in [0.25, 0.3) is 0 Å². The van der Waals surface area contributed by atoms with Gasteiger partial charge in [0.2, 0.25) is 5.91 Å². The van der Waals surface area contributed by atoms with Crippen LogP contribution in [0, 0.1) is 0 Å². The topological polar surface area (TPSA) is 55.8 Å². The van der Waals surface area contributed by atoms with E-state index in [4.69, 9.17) is 0 Å². The fraction of sp³-hybridized carbons (Fsp3) is 0.938. The molecular weight excluding hydrogens is 266 g/mol. The van der Waals surface area contributed by atoms with Crippen molar-refractivity contribution in [2.75, 3.05) is 32.8 Å². The van der Waals surface area contributed by atoms with E-state index in [1.165, 1.54) is 0 Å². The number of hydrogen-bond donors (Lipinski definition) is 2. The van der Waals surface area contributed by atoms with Crippen molar-refractivity contribution in [1.29, 1.82) is 0 Å². The number of piperidine rings is 2. The quantitative estimate of drug-likeness (QED) is 0.789. The Labute approximate surface area is 128 Å². The lowest BCUT2D eigenvalue weighted by Gasteiger charge is -2.36. The van der Waals surface area contributed by atoms with Crippen molar-refractivity contribution in [3.8, 4) is 0 Å². The van der Waals surface area contributed by atoms with Gasteiger partial charge in [-0.15, -0.1) is 0 Å². The number of aliphatic hydroxyl groups is 1. The Morgan fingerprint density at radius 1 is 1.19 bits per heavy atom. The third-order valence-corrected chi connectivity index (χ3v) is 4.93. The summed E-state index contributed by atoms with van der Waals surface area (Å²) in [5, 5.41) is 12.6. The molecule has 2 aliphatic rings. The summed E-state index contributed by atoms with van der Waals surface area (Å²) in [7, 11) is 0.